The molecule has 2 atom stereocenters. The molecule has 2 aromatic rings. The Bertz CT molecular complexity index is 875. The van der Waals surface area contributed by atoms with Gasteiger partial charge in [0.2, 0.25) is 5.91 Å². The molecule has 8 nitrogen and oxygen atoms in total. The van der Waals surface area contributed by atoms with E-state index in [1.54, 1.807) is 29.1 Å². The Balaban J connectivity index is 0.00000512. The van der Waals surface area contributed by atoms with Gasteiger partial charge in [-0.25, -0.2) is 4.79 Å². The highest BCUT2D eigenvalue weighted by Gasteiger charge is 2.20. The smallest absolute Gasteiger partial charge is 0.412 e. The molecule has 0 aliphatic carbocycles. The number of hydrogen-bond donors (Lipinski definition) is 3. The fraction of sp³-hybridized carbons (Fsp3) is 0.391. The molecule has 1 aromatic heterocycles. The molecule has 0 bridgehead atoms. The lowest BCUT2D eigenvalue weighted by molar-refractivity contribution is -0.727. The normalized spacial score (nSPS) is 12.2. The molecule has 4 N–H and O–H groups in total. The number of halogens is 1. The molecule has 3 amide bonds. The number of alkyl carbamates (subject to hydrolysis) is 1. The number of primary amides is 1. The van der Waals surface area contributed by atoms with Gasteiger partial charge in [0.05, 0.1) is 5.56 Å². The van der Waals surface area contributed by atoms with Crippen LogP contribution in [0.5, 0.6) is 0 Å². The maximum absolute atomic E-state index is 12.4. The number of nitrogens with zero attached hydrogens (tertiary/aromatic N) is 1. The summed E-state index contributed by atoms with van der Waals surface area (Å²) in [5, 5.41) is 5.45. The summed E-state index contributed by atoms with van der Waals surface area (Å²) in [7, 11) is 0. The largest absolute Gasteiger partial charge is 1.00 e. The van der Waals surface area contributed by atoms with E-state index in [0.29, 0.717) is 18.4 Å². The van der Waals surface area contributed by atoms with E-state index in [9.17, 15) is 14.4 Å². The number of carbonyl (C=O) groups excluding carboxylic acids is 3. The van der Waals surface area contributed by atoms with Crippen LogP contribution in [0.15, 0.2) is 54.9 Å². The van der Waals surface area contributed by atoms with E-state index < -0.39 is 18.0 Å². The highest BCUT2D eigenvalue weighted by atomic mass is 35.5. The van der Waals surface area contributed by atoms with Gasteiger partial charge in [0, 0.05) is 18.2 Å². The van der Waals surface area contributed by atoms with Gasteiger partial charge < -0.3 is 33.5 Å². The van der Waals surface area contributed by atoms with Gasteiger partial charge in [-0.05, 0) is 31.2 Å². The first-order valence-corrected chi connectivity index (χ1v) is 10.3. The Hall–Kier alpha value is -3.13. The molecule has 0 radical (unpaired) electrons. The molecular formula is C23H31ClN4O4. The van der Waals surface area contributed by atoms with Crippen molar-refractivity contribution in [3.05, 3.63) is 66.0 Å². The molecule has 1 aromatic carbocycles. The summed E-state index contributed by atoms with van der Waals surface area (Å²) in [5.74, 6) is -0.728. The van der Waals surface area contributed by atoms with Crippen molar-refractivity contribution in [2.75, 3.05) is 0 Å². The van der Waals surface area contributed by atoms with Gasteiger partial charge >= 0.3 is 6.09 Å². The van der Waals surface area contributed by atoms with Crippen molar-refractivity contribution < 1.29 is 36.1 Å². The summed E-state index contributed by atoms with van der Waals surface area (Å²) >= 11 is 0. The summed E-state index contributed by atoms with van der Waals surface area (Å²) in [5.41, 5.74) is 6.88. The van der Waals surface area contributed by atoms with Crippen LogP contribution in [0.3, 0.4) is 0 Å². The van der Waals surface area contributed by atoms with E-state index in [4.69, 9.17) is 10.5 Å². The first-order chi connectivity index (χ1) is 14.7. The molecule has 0 saturated carbocycles. The molecular weight excluding hydrogens is 432 g/mol. The number of carbonyl (C=O) groups is 3. The summed E-state index contributed by atoms with van der Waals surface area (Å²) < 4.78 is 6.85. The van der Waals surface area contributed by atoms with E-state index in [1.165, 1.54) is 0 Å². The van der Waals surface area contributed by atoms with Gasteiger partial charge in [-0.2, -0.15) is 4.57 Å². The number of ether oxygens (including phenoxy) is 1. The van der Waals surface area contributed by atoms with Gasteiger partial charge in [-0.15, -0.1) is 0 Å². The lowest BCUT2D eigenvalue weighted by Gasteiger charge is -2.17. The topological polar surface area (TPSA) is 114 Å². The zero-order valence-corrected chi connectivity index (χ0v) is 19.3. The lowest BCUT2D eigenvalue weighted by Crippen LogP contribution is -3.00. The molecule has 174 valence electrons. The third-order valence-electron chi connectivity index (χ3n) is 4.60. The maximum Gasteiger partial charge on any atom is 0.412 e. The van der Waals surface area contributed by atoms with Crippen molar-refractivity contribution in [1.82, 2.24) is 10.6 Å². The van der Waals surface area contributed by atoms with E-state index in [2.05, 4.69) is 10.6 Å². The highest BCUT2D eigenvalue weighted by Crippen LogP contribution is 2.06. The maximum atomic E-state index is 12.4. The fourth-order valence-corrected chi connectivity index (χ4v) is 3.05. The number of hydrogen-bond acceptors (Lipinski definition) is 4. The Morgan fingerprint density at radius 1 is 1.00 bits per heavy atom. The molecule has 0 aliphatic rings. The first kappa shape index (κ1) is 26.9. The summed E-state index contributed by atoms with van der Waals surface area (Å²) in [6.45, 7) is 5.81. The quantitative estimate of drug-likeness (QED) is 0.390. The van der Waals surface area contributed by atoms with Crippen molar-refractivity contribution in [1.29, 1.82) is 0 Å². The Morgan fingerprint density at radius 2 is 1.62 bits per heavy atom. The van der Waals surface area contributed by atoms with E-state index in [0.717, 1.165) is 5.56 Å². The molecule has 0 saturated heterocycles. The molecule has 2 rings (SSSR count). The minimum absolute atomic E-state index is 0. The second kappa shape index (κ2) is 13.3. The Labute approximate surface area is 194 Å². The Kier molecular flexibility index (Phi) is 11.2. The fourth-order valence-electron chi connectivity index (χ4n) is 3.05. The second-order valence-corrected chi connectivity index (χ2v) is 7.96. The number of amides is 3. The monoisotopic (exact) mass is 462 g/mol. The second-order valence-electron chi connectivity index (χ2n) is 7.96. The van der Waals surface area contributed by atoms with Crippen LogP contribution in [-0.2, 0) is 22.7 Å². The minimum Gasteiger partial charge on any atom is -1.00 e. The van der Waals surface area contributed by atoms with Crippen LogP contribution in [0.2, 0.25) is 0 Å². The predicted molar refractivity (Wildman–Crippen MR) is 116 cm³/mol. The van der Waals surface area contributed by atoms with E-state index in [1.807, 2.05) is 51.1 Å². The summed E-state index contributed by atoms with van der Waals surface area (Å²) in [6.07, 6.45) is 3.90. The molecule has 0 unspecified atom stereocenters. The number of nitrogens with one attached hydrogen (secondary N) is 2. The van der Waals surface area contributed by atoms with Crippen LogP contribution < -0.4 is 33.3 Å². The number of benzene rings is 1. The van der Waals surface area contributed by atoms with E-state index >= 15 is 0 Å². The lowest BCUT2D eigenvalue weighted by atomic mass is 10.0. The van der Waals surface area contributed by atoms with Crippen molar-refractivity contribution in [3.8, 4) is 0 Å². The van der Waals surface area contributed by atoms with Crippen molar-refractivity contribution in [3.63, 3.8) is 0 Å². The number of rotatable bonds is 10. The summed E-state index contributed by atoms with van der Waals surface area (Å²) in [6, 6.07) is 12.3. The van der Waals surface area contributed by atoms with Gasteiger partial charge in [0.15, 0.2) is 12.4 Å². The zero-order chi connectivity index (χ0) is 22.8. The van der Waals surface area contributed by atoms with Gasteiger partial charge in [-0.3, -0.25) is 9.59 Å². The van der Waals surface area contributed by atoms with Crippen LogP contribution in [0.4, 0.5) is 4.79 Å². The molecule has 32 heavy (non-hydrogen) atoms. The molecule has 0 aliphatic heterocycles. The van der Waals surface area contributed by atoms with Gasteiger partial charge in [0.1, 0.15) is 6.04 Å². The van der Waals surface area contributed by atoms with Crippen LogP contribution >= 0.6 is 0 Å². The van der Waals surface area contributed by atoms with Crippen molar-refractivity contribution in [2.24, 2.45) is 11.7 Å². The third-order valence-corrected chi connectivity index (χ3v) is 4.60. The Morgan fingerprint density at radius 3 is 2.19 bits per heavy atom. The highest BCUT2D eigenvalue weighted by molar-refractivity contribution is 5.97. The van der Waals surface area contributed by atoms with Crippen molar-refractivity contribution in [2.45, 2.75) is 52.4 Å². The number of aromatic nitrogens is 1. The molecule has 0 fully saturated rings. The summed E-state index contributed by atoms with van der Waals surface area (Å²) in [4.78, 5) is 35.9. The molecule has 1 heterocycles. The van der Waals surface area contributed by atoms with Gasteiger partial charge in [0.25, 0.3) is 12.6 Å². The standard InChI is InChI=1S/C23H30N4O4.ClH/c1-16(2)13-20(21(24)28)26-22(29)19-9-11-27(12-10-19)15-31-23(30)25-17(3)14-18-7-5-4-6-8-18;/h4-12,16-17,20H,13-15H2,1-3H3,(H3-,24,25,26,28,29,30);1H/t17-,20-;/m0./s1. The predicted octanol–water partition coefficient (Wildman–Crippen LogP) is -1.08. The van der Waals surface area contributed by atoms with E-state index in [-0.39, 0.29) is 37.0 Å². The number of nitrogens with two attached hydrogens (primary N) is 1. The third kappa shape index (κ3) is 9.34. The van der Waals surface area contributed by atoms with Crippen LogP contribution in [0, 0.1) is 5.92 Å². The number of pyridine rings is 1. The SMILES string of the molecule is CC(C)C[C@H](NC(=O)c1cc[n+](COC(=O)N[C@@H](C)Cc2ccccc2)cc1)C(N)=O.[Cl-]. The molecule has 9 heteroatoms. The zero-order valence-electron chi connectivity index (χ0n) is 18.6. The average Bonchev–Trinajstić information content (AvgIpc) is 2.72. The minimum atomic E-state index is -0.718. The first-order valence-electron chi connectivity index (χ1n) is 10.3. The van der Waals surface area contributed by atoms with Crippen LogP contribution in [-0.4, -0.2) is 30.0 Å². The average molecular weight is 463 g/mol. The molecule has 0 spiro atoms. The van der Waals surface area contributed by atoms with Gasteiger partial charge in [-0.1, -0.05) is 44.2 Å². The van der Waals surface area contributed by atoms with Crippen molar-refractivity contribution >= 4 is 17.9 Å². The van der Waals surface area contributed by atoms with Crippen LogP contribution in [0.25, 0.3) is 0 Å². The van der Waals surface area contributed by atoms with Crippen LogP contribution in [0.1, 0.15) is 43.1 Å².